The fraction of sp³-hybridized carbons (Fsp3) is 0.333. The Kier molecular flexibility index (Phi) is 5.68. The molecule has 2 aromatic rings. The highest BCUT2D eigenvalue weighted by Gasteiger charge is 2.30. The van der Waals surface area contributed by atoms with E-state index < -0.39 is 0 Å². The molecule has 0 saturated heterocycles. The number of allylic oxidation sites excluding steroid dienone is 1. The van der Waals surface area contributed by atoms with Gasteiger partial charge in [0, 0.05) is 23.4 Å². The molecule has 0 fully saturated rings. The van der Waals surface area contributed by atoms with Crippen molar-refractivity contribution in [3.05, 3.63) is 70.8 Å². The Labute approximate surface area is 168 Å². The van der Waals surface area contributed by atoms with E-state index in [9.17, 15) is 4.79 Å². The van der Waals surface area contributed by atoms with E-state index in [1.165, 1.54) is 16.8 Å². The van der Waals surface area contributed by atoms with Crippen LogP contribution in [0.2, 0.25) is 0 Å². The highest BCUT2D eigenvalue weighted by molar-refractivity contribution is 5.95. The number of hydrazone groups is 1. The van der Waals surface area contributed by atoms with Crippen molar-refractivity contribution in [2.75, 3.05) is 11.4 Å². The van der Waals surface area contributed by atoms with Crippen LogP contribution in [0.1, 0.15) is 61.2 Å². The van der Waals surface area contributed by atoms with Gasteiger partial charge in [-0.25, -0.2) is 5.43 Å². The molecule has 0 aliphatic carbocycles. The number of aryl methyl sites for hydroxylation is 1. The topological polar surface area (TPSA) is 44.7 Å². The molecule has 4 nitrogen and oxygen atoms in total. The molecule has 1 aliphatic rings. The molecule has 3 rings (SSSR count). The van der Waals surface area contributed by atoms with Crippen LogP contribution in [-0.2, 0) is 0 Å². The molecular formula is C24H29N3O. The van der Waals surface area contributed by atoms with Gasteiger partial charge in [0.15, 0.2) is 0 Å². The lowest BCUT2D eigenvalue weighted by atomic mass is 9.88. The summed E-state index contributed by atoms with van der Waals surface area (Å²) in [6.07, 6.45) is 5.12. The van der Waals surface area contributed by atoms with Gasteiger partial charge in [0.25, 0.3) is 5.91 Å². The first-order valence-corrected chi connectivity index (χ1v) is 9.83. The van der Waals surface area contributed by atoms with Crippen LogP contribution in [0.3, 0.4) is 0 Å². The molecule has 0 aromatic heterocycles. The van der Waals surface area contributed by atoms with E-state index in [2.05, 4.69) is 67.4 Å². The van der Waals surface area contributed by atoms with Crippen LogP contribution in [-0.4, -0.2) is 24.2 Å². The van der Waals surface area contributed by atoms with E-state index in [0.29, 0.717) is 5.56 Å². The molecule has 1 amide bonds. The molecule has 0 atom stereocenters. The number of hydrogen-bond acceptors (Lipinski definition) is 3. The van der Waals surface area contributed by atoms with E-state index in [1.54, 1.807) is 18.3 Å². The number of rotatable bonds is 5. The number of anilines is 1. The lowest BCUT2D eigenvalue weighted by Crippen LogP contribution is -2.45. The molecule has 1 aliphatic heterocycles. The summed E-state index contributed by atoms with van der Waals surface area (Å²) in [6, 6.07) is 13.8. The summed E-state index contributed by atoms with van der Waals surface area (Å²) in [5.74, 6) is -0.207. The van der Waals surface area contributed by atoms with E-state index in [4.69, 9.17) is 0 Å². The Morgan fingerprint density at radius 2 is 1.86 bits per heavy atom. The van der Waals surface area contributed by atoms with Crippen molar-refractivity contribution < 1.29 is 4.79 Å². The number of carbonyl (C=O) groups excluding carboxylic acids is 1. The van der Waals surface area contributed by atoms with Crippen LogP contribution in [0.4, 0.5) is 5.69 Å². The molecule has 146 valence electrons. The fourth-order valence-electron chi connectivity index (χ4n) is 3.75. The third kappa shape index (κ3) is 4.16. The second kappa shape index (κ2) is 8.01. The predicted molar refractivity (Wildman–Crippen MR) is 118 cm³/mol. The van der Waals surface area contributed by atoms with Gasteiger partial charge < -0.3 is 4.90 Å². The number of nitrogens with one attached hydrogen (secondary N) is 1. The van der Waals surface area contributed by atoms with Crippen molar-refractivity contribution in [3.8, 4) is 0 Å². The van der Waals surface area contributed by atoms with Crippen LogP contribution >= 0.6 is 0 Å². The second-order valence-corrected chi connectivity index (χ2v) is 7.97. The van der Waals surface area contributed by atoms with Crippen molar-refractivity contribution in [1.29, 1.82) is 0 Å². The molecule has 4 heteroatoms. The molecule has 0 spiro atoms. The first-order chi connectivity index (χ1) is 13.3. The van der Waals surface area contributed by atoms with Crippen LogP contribution in [0.15, 0.2) is 53.6 Å². The summed E-state index contributed by atoms with van der Waals surface area (Å²) in [6.45, 7) is 11.9. The first-order valence-electron chi connectivity index (χ1n) is 9.83. The number of carbonyl (C=O) groups is 1. The molecule has 0 radical (unpaired) electrons. The molecule has 0 saturated carbocycles. The third-order valence-electron chi connectivity index (χ3n) is 5.14. The Bertz CT molecular complexity index is 923. The summed E-state index contributed by atoms with van der Waals surface area (Å²) >= 11 is 0. The van der Waals surface area contributed by atoms with E-state index >= 15 is 0 Å². The van der Waals surface area contributed by atoms with E-state index in [-0.39, 0.29) is 11.4 Å². The minimum atomic E-state index is -0.207. The number of amides is 1. The van der Waals surface area contributed by atoms with Gasteiger partial charge in [0.1, 0.15) is 0 Å². The Morgan fingerprint density at radius 1 is 1.14 bits per heavy atom. The zero-order valence-corrected chi connectivity index (χ0v) is 17.4. The van der Waals surface area contributed by atoms with Gasteiger partial charge in [-0.3, -0.25) is 4.79 Å². The summed E-state index contributed by atoms with van der Waals surface area (Å²) in [4.78, 5) is 14.6. The van der Waals surface area contributed by atoms with Gasteiger partial charge in [-0.1, -0.05) is 36.8 Å². The number of benzene rings is 2. The molecule has 2 aromatic carbocycles. The van der Waals surface area contributed by atoms with Crippen LogP contribution in [0.5, 0.6) is 0 Å². The zero-order valence-electron chi connectivity index (χ0n) is 17.4. The van der Waals surface area contributed by atoms with Gasteiger partial charge in [0.05, 0.1) is 11.8 Å². The molecule has 1 heterocycles. The lowest BCUT2D eigenvalue weighted by Gasteiger charge is -2.43. The number of fused-ring (bicyclic) bond motifs is 1. The average Bonchev–Trinajstić information content (AvgIpc) is 2.65. The Morgan fingerprint density at radius 3 is 2.54 bits per heavy atom. The van der Waals surface area contributed by atoms with Gasteiger partial charge in [-0.05, 0) is 69.5 Å². The molecule has 0 unspecified atom stereocenters. The van der Waals surface area contributed by atoms with Gasteiger partial charge >= 0.3 is 0 Å². The van der Waals surface area contributed by atoms with Crippen LogP contribution in [0, 0.1) is 6.92 Å². The quantitative estimate of drug-likeness (QED) is 0.579. The highest BCUT2D eigenvalue weighted by atomic mass is 16.2. The van der Waals surface area contributed by atoms with Gasteiger partial charge in [-0.2, -0.15) is 5.10 Å². The normalized spacial score (nSPS) is 15.3. The standard InChI is InChI=1S/C24H29N3O/c1-6-13-27-22-12-9-19(14-21(22)18(3)15-24(27,4)5)16-25-26-23(28)20-10-7-17(2)8-11-20/h7-12,14-16H,6,13H2,1-5H3,(H,26,28)/b25-16-. The lowest BCUT2D eigenvalue weighted by molar-refractivity contribution is 0.0955. The van der Waals surface area contributed by atoms with Crippen LogP contribution < -0.4 is 10.3 Å². The average molecular weight is 376 g/mol. The van der Waals surface area contributed by atoms with Gasteiger partial charge in [-0.15, -0.1) is 0 Å². The van der Waals surface area contributed by atoms with Crippen LogP contribution in [0.25, 0.3) is 5.57 Å². The number of hydrogen-bond donors (Lipinski definition) is 1. The van der Waals surface area contributed by atoms with Crippen molar-refractivity contribution in [3.63, 3.8) is 0 Å². The first kappa shape index (κ1) is 19.9. The fourth-order valence-corrected chi connectivity index (χ4v) is 3.75. The smallest absolute Gasteiger partial charge is 0.271 e. The maximum absolute atomic E-state index is 12.2. The minimum Gasteiger partial charge on any atom is -0.362 e. The van der Waals surface area contributed by atoms with E-state index in [0.717, 1.165) is 24.1 Å². The molecule has 0 bridgehead atoms. The van der Waals surface area contributed by atoms with Crippen molar-refractivity contribution >= 4 is 23.4 Å². The highest BCUT2D eigenvalue weighted by Crippen LogP contribution is 2.39. The maximum atomic E-state index is 12.2. The number of nitrogens with zero attached hydrogens (tertiary/aromatic N) is 2. The van der Waals surface area contributed by atoms with Gasteiger partial charge in [0.2, 0.25) is 0 Å². The summed E-state index contributed by atoms with van der Waals surface area (Å²) in [5, 5.41) is 4.14. The van der Waals surface area contributed by atoms with Crippen molar-refractivity contribution in [2.24, 2.45) is 5.10 Å². The second-order valence-electron chi connectivity index (χ2n) is 7.97. The largest absolute Gasteiger partial charge is 0.362 e. The molecular weight excluding hydrogens is 346 g/mol. The molecule has 28 heavy (non-hydrogen) atoms. The SMILES string of the molecule is CCCN1c2ccc(/C=N\NC(=O)c3ccc(C)cc3)cc2C(C)=CC1(C)C. The zero-order chi connectivity index (χ0) is 20.3. The monoisotopic (exact) mass is 375 g/mol. The minimum absolute atomic E-state index is 0.00467. The summed E-state index contributed by atoms with van der Waals surface area (Å²) < 4.78 is 0. The van der Waals surface area contributed by atoms with E-state index in [1.807, 2.05) is 19.1 Å². The third-order valence-corrected chi connectivity index (χ3v) is 5.14. The molecule has 1 N–H and O–H groups in total. The van der Waals surface area contributed by atoms with Crippen molar-refractivity contribution in [2.45, 2.75) is 46.6 Å². The van der Waals surface area contributed by atoms with Crippen molar-refractivity contribution in [1.82, 2.24) is 5.43 Å². The summed E-state index contributed by atoms with van der Waals surface area (Å²) in [7, 11) is 0. The predicted octanol–water partition coefficient (Wildman–Crippen LogP) is 5.17. The Balaban J connectivity index is 1.78. The Hall–Kier alpha value is -2.88. The maximum Gasteiger partial charge on any atom is 0.271 e. The summed E-state index contributed by atoms with van der Waals surface area (Å²) in [5.41, 5.74) is 9.05.